The predicted octanol–water partition coefficient (Wildman–Crippen LogP) is -0.799. The fourth-order valence-electron chi connectivity index (χ4n) is 0.505. The number of amides is 3. The van der Waals surface area contributed by atoms with Crippen molar-refractivity contribution in [1.29, 1.82) is 0 Å². The molecule has 1 aliphatic rings. The van der Waals surface area contributed by atoms with Crippen molar-refractivity contribution in [3.05, 3.63) is 0 Å². The zero-order chi connectivity index (χ0) is 7.72. The molecule has 1 heterocycles. The van der Waals surface area contributed by atoms with E-state index in [0.717, 1.165) is 0 Å². The second-order valence-electron chi connectivity index (χ2n) is 1.69. The molecule has 3 amide bonds. The lowest BCUT2D eigenvalue weighted by atomic mass is 10.3. The van der Waals surface area contributed by atoms with Crippen LogP contribution in [0.15, 0.2) is 4.99 Å². The molecule has 0 radical (unpaired) electrons. The summed E-state index contributed by atoms with van der Waals surface area (Å²) in [5, 5.41) is 0.866. The number of nitrogens with zero attached hydrogens (tertiary/aromatic N) is 1. The fraction of sp³-hybridized carbons (Fsp3) is 0.250. The molecular formula is C4H4ClN3O2. The lowest BCUT2D eigenvalue weighted by Crippen LogP contribution is -2.47. The van der Waals surface area contributed by atoms with Gasteiger partial charge in [0.15, 0.2) is 5.38 Å². The van der Waals surface area contributed by atoms with Gasteiger partial charge in [-0.05, 0) is 0 Å². The number of carbonyl (C=O) groups is 2. The maximum Gasteiger partial charge on any atom is 0.349 e. The van der Waals surface area contributed by atoms with Gasteiger partial charge in [-0.25, -0.2) is 4.79 Å². The first-order valence-electron chi connectivity index (χ1n) is 2.44. The molecule has 0 bridgehead atoms. The molecule has 10 heavy (non-hydrogen) atoms. The van der Waals surface area contributed by atoms with Crippen molar-refractivity contribution >= 4 is 29.4 Å². The van der Waals surface area contributed by atoms with Crippen LogP contribution in [-0.2, 0) is 4.79 Å². The van der Waals surface area contributed by atoms with Crippen molar-refractivity contribution in [3.63, 3.8) is 0 Å². The predicted molar refractivity (Wildman–Crippen MR) is 34.8 cm³/mol. The molecule has 0 aromatic heterocycles. The minimum atomic E-state index is -1.02. The SMILES string of the molecule is NC1=NC(=O)NC(=O)C1Cl. The van der Waals surface area contributed by atoms with Crippen LogP contribution >= 0.6 is 11.6 Å². The summed E-state index contributed by atoms with van der Waals surface area (Å²) in [4.78, 5) is 24.2. The van der Waals surface area contributed by atoms with Gasteiger partial charge in [0.1, 0.15) is 5.84 Å². The highest BCUT2D eigenvalue weighted by molar-refractivity contribution is 6.44. The highest BCUT2D eigenvalue weighted by Crippen LogP contribution is 2.00. The van der Waals surface area contributed by atoms with Gasteiger partial charge in [-0.15, -0.1) is 11.6 Å². The average molecular weight is 162 g/mol. The Kier molecular flexibility index (Phi) is 1.58. The van der Waals surface area contributed by atoms with E-state index in [-0.39, 0.29) is 5.84 Å². The number of imide groups is 1. The number of aliphatic imine (C=N–C) groups is 1. The Morgan fingerprint density at radius 1 is 1.60 bits per heavy atom. The molecule has 5 nitrogen and oxygen atoms in total. The van der Waals surface area contributed by atoms with Crippen LogP contribution in [0.3, 0.4) is 0 Å². The monoisotopic (exact) mass is 161 g/mol. The quantitative estimate of drug-likeness (QED) is 0.456. The summed E-state index contributed by atoms with van der Waals surface area (Å²) in [6, 6.07) is -0.764. The van der Waals surface area contributed by atoms with Gasteiger partial charge in [0.2, 0.25) is 0 Å². The van der Waals surface area contributed by atoms with Gasteiger partial charge in [0, 0.05) is 0 Å². The van der Waals surface area contributed by atoms with Gasteiger partial charge in [0.05, 0.1) is 0 Å². The number of halogens is 1. The normalized spacial score (nSPS) is 25.7. The molecule has 0 fully saturated rings. The molecule has 1 unspecified atom stereocenters. The van der Waals surface area contributed by atoms with E-state index in [1.165, 1.54) is 0 Å². The van der Waals surface area contributed by atoms with E-state index in [0.29, 0.717) is 0 Å². The zero-order valence-electron chi connectivity index (χ0n) is 4.80. The van der Waals surface area contributed by atoms with Crippen LogP contribution < -0.4 is 11.1 Å². The first-order valence-corrected chi connectivity index (χ1v) is 2.88. The number of urea groups is 1. The van der Waals surface area contributed by atoms with Crippen molar-refractivity contribution in [3.8, 4) is 0 Å². The number of carbonyl (C=O) groups excluding carboxylic acids is 2. The number of amidine groups is 1. The van der Waals surface area contributed by atoms with Gasteiger partial charge in [-0.1, -0.05) is 0 Å². The average Bonchev–Trinajstić information content (AvgIpc) is 1.82. The maximum atomic E-state index is 10.6. The highest BCUT2D eigenvalue weighted by Gasteiger charge is 2.26. The number of nitrogens with one attached hydrogen (secondary N) is 1. The summed E-state index contributed by atoms with van der Waals surface area (Å²) in [7, 11) is 0. The zero-order valence-corrected chi connectivity index (χ0v) is 5.55. The van der Waals surface area contributed by atoms with Gasteiger partial charge >= 0.3 is 6.03 Å². The van der Waals surface area contributed by atoms with E-state index in [1.54, 1.807) is 0 Å². The third-order valence-corrected chi connectivity index (χ3v) is 1.37. The molecule has 3 N–H and O–H groups in total. The van der Waals surface area contributed by atoms with E-state index in [1.807, 2.05) is 5.32 Å². The Hall–Kier alpha value is -1.10. The third-order valence-electron chi connectivity index (χ3n) is 0.951. The molecule has 0 aromatic rings. The Bertz CT molecular complexity index is 225. The summed E-state index contributed by atoms with van der Waals surface area (Å²) < 4.78 is 0. The minimum absolute atomic E-state index is 0.157. The Morgan fingerprint density at radius 3 is 2.70 bits per heavy atom. The van der Waals surface area contributed by atoms with Crippen LogP contribution in [0.5, 0.6) is 0 Å². The smallest absolute Gasteiger partial charge is 0.349 e. The Balaban J connectivity index is 2.91. The van der Waals surface area contributed by atoms with Crippen LogP contribution in [-0.4, -0.2) is 23.2 Å². The maximum absolute atomic E-state index is 10.6. The highest BCUT2D eigenvalue weighted by atomic mass is 35.5. The summed E-state index contributed by atoms with van der Waals surface area (Å²) in [5.74, 6) is -0.783. The molecule has 0 saturated carbocycles. The molecule has 54 valence electrons. The number of nitrogens with two attached hydrogens (primary N) is 1. The van der Waals surface area contributed by atoms with E-state index >= 15 is 0 Å². The number of rotatable bonds is 0. The fourth-order valence-corrected chi connectivity index (χ4v) is 0.608. The topological polar surface area (TPSA) is 84.5 Å². The van der Waals surface area contributed by atoms with Gasteiger partial charge in [-0.3, -0.25) is 10.1 Å². The molecule has 0 aromatic carbocycles. The van der Waals surface area contributed by atoms with Gasteiger partial charge in [-0.2, -0.15) is 4.99 Å². The van der Waals surface area contributed by atoms with Crippen LogP contribution in [0.2, 0.25) is 0 Å². The van der Waals surface area contributed by atoms with E-state index in [2.05, 4.69) is 4.99 Å². The van der Waals surface area contributed by atoms with Crippen molar-refractivity contribution in [1.82, 2.24) is 5.32 Å². The van der Waals surface area contributed by atoms with Crippen molar-refractivity contribution in [2.45, 2.75) is 5.38 Å². The second-order valence-corrected chi connectivity index (χ2v) is 2.13. The van der Waals surface area contributed by atoms with E-state index in [9.17, 15) is 9.59 Å². The summed E-state index contributed by atoms with van der Waals surface area (Å²) in [6.45, 7) is 0. The van der Waals surface area contributed by atoms with Crippen LogP contribution in [0.1, 0.15) is 0 Å². The summed E-state index contributed by atoms with van der Waals surface area (Å²) in [5.41, 5.74) is 5.10. The molecular weight excluding hydrogens is 158 g/mol. The molecule has 0 spiro atoms. The van der Waals surface area contributed by atoms with Crippen molar-refractivity contribution in [2.24, 2.45) is 10.7 Å². The van der Waals surface area contributed by atoms with Crippen molar-refractivity contribution < 1.29 is 9.59 Å². The molecule has 0 saturated heterocycles. The van der Waals surface area contributed by atoms with E-state index < -0.39 is 17.3 Å². The summed E-state index contributed by atoms with van der Waals surface area (Å²) >= 11 is 5.36. The Labute approximate surface area is 61.2 Å². The van der Waals surface area contributed by atoms with Crippen LogP contribution in [0, 0.1) is 0 Å². The largest absolute Gasteiger partial charge is 0.385 e. The second kappa shape index (κ2) is 2.26. The first kappa shape index (κ1) is 7.01. The molecule has 0 aliphatic carbocycles. The van der Waals surface area contributed by atoms with Crippen molar-refractivity contribution in [2.75, 3.05) is 0 Å². The molecule has 1 atom stereocenters. The first-order chi connectivity index (χ1) is 4.61. The van der Waals surface area contributed by atoms with Crippen LogP contribution in [0.4, 0.5) is 4.79 Å². The number of alkyl halides is 1. The standard InChI is InChI=1S/C4H4ClN3O2/c5-1-2(6)7-4(10)8-3(1)9/h1H,(H3,6,7,8,9,10). The minimum Gasteiger partial charge on any atom is -0.385 e. The Morgan fingerprint density at radius 2 is 2.20 bits per heavy atom. The van der Waals surface area contributed by atoms with E-state index in [4.69, 9.17) is 17.3 Å². The van der Waals surface area contributed by atoms with Gasteiger partial charge < -0.3 is 5.73 Å². The summed E-state index contributed by atoms with van der Waals surface area (Å²) in [6.07, 6.45) is 0. The molecule has 6 heteroatoms. The van der Waals surface area contributed by atoms with Crippen LogP contribution in [0.25, 0.3) is 0 Å². The number of hydrogen-bond acceptors (Lipinski definition) is 3. The molecule has 1 rings (SSSR count). The third kappa shape index (κ3) is 1.08. The molecule has 1 aliphatic heterocycles. The lowest BCUT2D eigenvalue weighted by Gasteiger charge is -2.11. The van der Waals surface area contributed by atoms with Gasteiger partial charge in [0.25, 0.3) is 5.91 Å². The lowest BCUT2D eigenvalue weighted by molar-refractivity contribution is -0.118. The number of hydrogen-bond donors (Lipinski definition) is 2.